The van der Waals surface area contributed by atoms with Crippen LogP contribution in [-0.4, -0.2) is 44.4 Å². The third-order valence-corrected chi connectivity index (χ3v) is 8.97. The van der Waals surface area contributed by atoms with E-state index in [0.717, 1.165) is 26.1 Å². The Kier molecular flexibility index (Phi) is 8.40. The van der Waals surface area contributed by atoms with Crippen LogP contribution >= 0.6 is 11.3 Å². The summed E-state index contributed by atoms with van der Waals surface area (Å²) in [6.45, 7) is 1.92. The van der Waals surface area contributed by atoms with Gasteiger partial charge in [-0.3, -0.25) is 23.4 Å². The average molecular weight is 640 g/mol. The molecule has 0 fully saturated rings. The fraction of sp³-hybridized carbons (Fsp3) is 0.182. The van der Waals surface area contributed by atoms with E-state index in [-0.39, 0.29) is 18.8 Å². The van der Waals surface area contributed by atoms with Gasteiger partial charge in [0.2, 0.25) is 0 Å². The van der Waals surface area contributed by atoms with Gasteiger partial charge in [0.15, 0.2) is 17.3 Å². The molecule has 0 radical (unpaired) electrons. The van der Waals surface area contributed by atoms with E-state index in [1.807, 2.05) is 61.5 Å². The van der Waals surface area contributed by atoms with Gasteiger partial charge >= 0.3 is 11.4 Å². The van der Waals surface area contributed by atoms with Gasteiger partial charge in [-0.15, -0.1) is 11.3 Å². The summed E-state index contributed by atoms with van der Waals surface area (Å²) in [7, 11) is 3.00. The van der Waals surface area contributed by atoms with Crippen LogP contribution in [0.15, 0.2) is 96.9 Å². The molecule has 2 N–H and O–H groups in total. The Labute approximate surface area is 265 Å². The smallest absolute Gasteiger partial charge is 0.439 e. The van der Waals surface area contributed by atoms with Crippen LogP contribution in [0.2, 0.25) is 0 Å². The van der Waals surface area contributed by atoms with E-state index >= 15 is 0 Å². The maximum Gasteiger partial charge on any atom is 0.439 e. The van der Waals surface area contributed by atoms with Crippen LogP contribution in [0.5, 0.6) is 11.5 Å². The number of nitrogens with one attached hydrogen (secondary N) is 1. The molecule has 12 nitrogen and oxygen atoms in total. The molecule has 0 saturated heterocycles. The van der Waals surface area contributed by atoms with E-state index in [9.17, 15) is 19.6 Å². The van der Waals surface area contributed by atoms with E-state index in [1.54, 1.807) is 22.8 Å². The van der Waals surface area contributed by atoms with E-state index in [0.29, 0.717) is 45.1 Å². The second-order valence-electron chi connectivity index (χ2n) is 10.3. The Morgan fingerprint density at radius 2 is 1.70 bits per heavy atom. The summed E-state index contributed by atoms with van der Waals surface area (Å²) in [6, 6.07) is 21.9. The lowest BCUT2D eigenvalue weighted by molar-refractivity contribution is 0.317. The highest BCUT2D eigenvalue weighted by molar-refractivity contribution is 7.18. The molecule has 0 aliphatic heterocycles. The standard InChI is InChI=1S/C33H29N5O7S/c1-4-22-16-25-30(39)37(18-26(35-42)21-13-14-27(43-2)28(15-21)44-3)33(41)38(31(25)46-22)17-19-9-11-20(12-10-19)23-7-5-6-8-24(23)29-34-32(40)45-36-29/h5-16,42H,4,17-18H2,1-3H3,(H,34,36,40). The van der Waals surface area contributed by atoms with E-state index in [4.69, 9.17) is 14.0 Å². The minimum absolute atomic E-state index is 0.105. The molecule has 0 spiro atoms. The molecule has 0 aliphatic carbocycles. The molecule has 0 unspecified atom stereocenters. The highest BCUT2D eigenvalue weighted by Crippen LogP contribution is 2.31. The zero-order valence-corrected chi connectivity index (χ0v) is 26.0. The van der Waals surface area contributed by atoms with Gasteiger partial charge in [0.1, 0.15) is 10.5 Å². The Hall–Kier alpha value is -5.69. The van der Waals surface area contributed by atoms with Gasteiger partial charge in [0.25, 0.3) is 5.56 Å². The van der Waals surface area contributed by atoms with Crippen LogP contribution in [0, 0.1) is 0 Å². The molecule has 0 amide bonds. The average Bonchev–Trinajstić information content (AvgIpc) is 3.73. The van der Waals surface area contributed by atoms with Crippen LogP contribution < -0.4 is 26.5 Å². The van der Waals surface area contributed by atoms with Crippen molar-refractivity contribution in [3.8, 4) is 34.0 Å². The summed E-state index contributed by atoms with van der Waals surface area (Å²) in [5.41, 5.74) is 2.80. The first-order chi connectivity index (χ1) is 22.3. The Morgan fingerprint density at radius 1 is 0.957 bits per heavy atom. The molecular weight excluding hydrogens is 610 g/mol. The number of hydrogen-bond acceptors (Lipinski definition) is 10. The zero-order chi connectivity index (χ0) is 32.4. The minimum Gasteiger partial charge on any atom is -0.493 e. The summed E-state index contributed by atoms with van der Waals surface area (Å²) in [6.07, 6.45) is 0.701. The van der Waals surface area contributed by atoms with Gasteiger partial charge in [-0.2, -0.15) is 0 Å². The molecule has 46 heavy (non-hydrogen) atoms. The number of ether oxygens (including phenoxy) is 2. The first-order valence-electron chi connectivity index (χ1n) is 14.3. The number of rotatable bonds is 10. The fourth-order valence-electron chi connectivity index (χ4n) is 5.31. The van der Waals surface area contributed by atoms with Crippen molar-refractivity contribution >= 4 is 27.3 Å². The van der Waals surface area contributed by atoms with Crippen LogP contribution in [-0.2, 0) is 19.5 Å². The molecule has 234 valence electrons. The molecule has 13 heteroatoms. The number of methoxy groups -OCH3 is 2. The van der Waals surface area contributed by atoms with Gasteiger partial charge in [0.05, 0.1) is 32.7 Å². The van der Waals surface area contributed by atoms with Crippen LogP contribution in [0.3, 0.4) is 0 Å². The van der Waals surface area contributed by atoms with Crippen molar-refractivity contribution in [3.63, 3.8) is 0 Å². The summed E-state index contributed by atoms with van der Waals surface area (Å²) in [5.74, 6) is 0.577. The summed E-state index contributed by atoms with van der Waals surface area (Å²) < 4.78 is 18.0. The van der Waals surface area contributed by atoms with Gasteiger partial charge in [-0.1, -0.05) is 65.8 Å². The molecule has 0 bridgehead atoms. The van der Waals surface area contributed by atoms with E-state index in [1.165, 1.54) is 25.6 Å². The number of H-pyrrole nitrogens is 1. The second-order valence-corrected chi connectivity index (χ2v) is 11.5. The first-order valence-corrected chi connectivity index (χ1v) is 15.1. The normalized spacial score (nSPS) is 11.7. The largest absolute Gasteiger partial charge is 0.493 e. The highest BCUT2D eigenvalue weighted by Gasteiger charge is 2.20. The number of aromatic amines is 1. The Balaban J connectivity index is 1.39. The number of nitrogens with zero attached hydrogens (tertiary/aromatic N) is 4. The SMILES string of the molecule is CCc1cc2c(=O)n(CC(=NO)c3ccc(OC)c(OC)c3)c(=O)n(Cc3ccc(-c4ccccc4-c4noc(=O)[nH]4)cc3)c2s1. The lowest BCUT2D eigenvalue weighted by atomic mass is 9.98. The maximum atomic E-state index is 14.0. The number of aryl methyl sites for hydroxylation is 1. The van der Waals surface area contributed by atoms with Gasteiger partial charge in [-0.05, 0) is 47.4 Å². The molecule has 3 aromatic carbocycles. The maximum absolute atomic E-state index is 14.0. The topological polar surface area (TPSA) is 154 Å². The van der Waals surface area contributed by atoms with E-state index in [2.05, 4.69) is 15.3 Å². The third kappa shape index (κ3) is 5.63. The van der Waals surface area contributed by atoms with Crippen molar-refractivity contribution in [2.24, 2.45) is 5.16 Å². The molecular formula is C33H29N5O7S. The summed E-state index contributed by atoms with van der Waals surface area (Å²) >= 11 is 1.41. The molecule has 6 aromatic rings. The highest BCUT2D eigenvalue weighted by atomic mass is 32.1. The van der Waals surface area contributed by atoms with Crippen LogP contribution in [0.1, 0.15) is 22.9 Å². The fourth-order valence-corrected chi connectivity index (χ4v) is 6.39. The number of fused-ring (bicyclic) bond motifs is 1. The molecule has 3 heterocycles. The van der Waals surface area contributed by atoms with Crippen molar-refractivity contribution in [2.75, 3.05) is 14.2 Å². The number of hydrogen-bond donors (Lipinski definition) is 2. The van der Waals surface area contributed by atoms with Crippen molar-refractivity contribution < 1.29 is 19.2 Å². The van der Waals surface area contributed by atoms with Crippen LogP contribution in [0.4, 0.5) is 0 Å². The Morgan fingerprint density at radius 3 is 2.35 bits per heavy atom. The number of oxime groups is 1. The predicted molar refractivity (Wildman–Crippen MR) is 175 cm³/mol. The van der Waals surface area contributed by atoms with E-state index < -0.39 is 17.0 Å². The van der Waals surface area contributed by atoms with Crippen LogP contribution in [0.25, 0.3) is 32.7 Å². The van der Waals surface area contributed by atoms with Crippen molar-refractivity contribution in [2.45, 2.75) is 26.4 Å². The zero-order valence-electron chi connectivity index (χ0n) is 25.1. The first kappa shape index (κ1) is 30.3. The van der Waals surface area contributed by atoms with Crippen molar-refractivity contribution in [1.82, 2.24) is 19.3 Å². The molecule has 6 rings (SSSR count). The van der Waals surface area contributed by atoms with Gasteiger partial charge in [0, 0.05) is 16.0 Å². The van der Waals surface area contributed by atoms with Gasteiger partial charge < -0.3 is 14.7 Å². The van der Waals surface area contributed by atoms with Crippen molar-refractivity contribution in [1.29, 1.82) is 0 Å². The molecule has 0 saturated carbocycles. The number of aromatic nitrogens is 4. The van der Waals surface area contributed by atoms with Crippen molar-refractivity contribution in [3.05, 3.63) is 120 Å². The van der Waals surface area contributed by atoms with Gasteiger partial charge in [-0.25, -0.2) is 9.59 Å². The third-order valence-electron chi connectivity index (χ3n) is 7.67. The molecule has 3 aromatic heterocycles. The Bertz CT molecular complexity index is 2260. The minimum atomic E-state index is -0.640. The number of thiophene rings is 1. The second kappa shape index (κ2) is 12.7. The lowest BCUT2D eigenvalue weighted by Gasteiger charge is -2.14. The summed E-state index contributed by atoms with van der Waals surface area (Å²) in [5, 5.41) is 17.6. The molecule has 0 atom stereocenters. The summed E-state index contributed by atoms with van der Waals surface area (Å²) in [4.78, 5) is 43.4. The molecule has 0 aliphatic rings. The predicted octanol–water partition coefficient (Wildman–Crippen LogP) is 4.74. The monoisotopic (exact) mass is 639 g/mol. The lowest BCUT2D eigenvalue weighted by Crippen LogP contribution is -2.41. The number of benzene rings is 3. The quantitative estimate of drug-likeness (QED) is 0.124.